The van der Waals surface area contributed by atoms with Crippen LogP contribution in [0.1, 0.15) is 30.4 Å². The second-order valence-corrected chi connectivity index (χ2v) is 4.36. The van der Waals surface area contributed by atoms with Crippen molar-refractivity contribution in [1.29, 1.82) is 0 Å². The SMILES string of the molecule is COc1cc(C(CC(C)=O)C(=O)O)c(OC)cc1C. The minimum absolute atomic E-state index is 0.0715. The van der Waals surface area contributed by atoms with Crippen LogP contribution in [0.2, 0.25) is 0 Å². The number of hydrogen-bond acceptors (Lipinski definition) is 4. The van der Waals surface area contributed by atoms with Crippen molar-refractivity contribution in [3.8, 4) is 11.5 Å². The number of ether oxygens (including phenoxy) is 2. The lowest BCUT2D eigenvalue weighted by molar-refractivity contribution is -0.140. The summed E-state index contributed by atoms with van der Waals surface area (Å²) >= 11 is 0. The first kappa shape index (κ1) is 15.0. The molecule has 0 bridgehead atoms. The Morgan fingerprint density at radius 2 is 1.79 bits per heavy atom. The molecule has 0 aliphatic carbocycles. The van der Waals surface area contributed by atoms with Crippen molar-refractivity contribution < 1.29 is 24.2 Å². The summed E-state index contributed by atoms with van der Waals surface area (Å²) in [6.45, 7) is 3.21. The van der Waals surface area contributed by atoms with Crippen LogP contribution < -0.4 is 9.47 Å². The summed E-state index contributed by atoms with van der Waals surface area (Å²) < 4.78 is 10.4. The van der Waals surface area contributed by atoms with Crippen molar-refractivity contribution in [1.82, 2.24) is 0 Å². The van der Waals surface area contributed by atoms with Crippen molar-refractivity contribution in [2.45, 2.75) is 26.2 Å². The van der Waals surface area contributed by atoms with Gasteiger partial charge in [0, 0.05) is 12.0 Å². The summed E-state index contributed by atoms with van der Waals surface area (Å²) in [5.74, 6) is -1.15. The highest BCUT2D eigenvalue weighted by atomic mass is 16.5. The zero-order valence-electron chi connectivity index (χ0n) is 11.5. The molecule has 0 saturated heterocycles. The third-order valence-corrected chi connectivity index (χ3v) is 2.91. The number of carboxylic acids is 1. The Morgan fingerprint density at radius 3 is 2.21 bits per heavy atom. The van der Waals surface area contributed by atoms with Crippen LogP contribution in [0, 0.1) is 6.92 Å². The number of hydrogen-bond donors (Lipinski definition) is 1. The molecule has 5 nitrogen and oxygen atoms in total. The molecule has 1 unspecified atom stereocenters. The van der Waals surface area contributed by atoms with Gasteiger partial charge in [-0.2, -0.15) is 0 Å². The highest BCUT2D eigenvalue weighted by Crippen LogP contribution is 2.35. The smallest absolute Gasteiger partial charge is 0.311 e. The molecule has 0 aliphatic rings. The van der Waals surface area contributed by atoms with Gasteiger partial charge in [0.05, 0.1) is 20.1 Å². The summed E-state index contributed by atoms with van der Waals surface area (Å²) in [4.78, 5) is 22.6. The van der Waals surface area contributed by atoms with E-state index in [-0.39, 0.29) is 12.2 Å². The number of methoxy groups -OCH3 is 2. The van der Waals surface area contributed by atoms with Gasteiger partial charge in [-0.1, -0.05) is 0 Å². The Hall–Kier alpha value is -2.04. The molecule has 0 saturated carbocycles. The first-order valence-electron chi connectivity index (χ1n) is 5.85. The van der Waals surface area contributed by atoms with Gasteiger partial charge < -0.3 is 14.6 Å². The number of carboxylic acid groups (broad SMARTS) is 1. The van der Waals surface area contributed by atoms with Gasteiger partial charge in [-0.3, -0.25) is 9.59 Å². The maximum Gasteiger partial charge on any atom is 0.311 e. The van der Waals surface area contributed by atoms with E-state index >= 15 is 0 Å². The highest BCUT2D eigenvalue weighted by Gasteiger charge is 2.26. The Kier molecular flexibility index (Phi) is 4.92. The lowest BCUT2D eigenvalue weighted by atomic mass is 9.92. The Labute approximate surface area is 112 Å². The van der Waals surface area contributed by atoms with E-state index in [4.69, 9.17) is 9.47 Å². The number of aryl methyl sites for hydroxylation is 1. The average molecular weight is 266 g/mol. The maximum absolute atomic E-state index is 11.3. The van der Waals surface area contributed by atoms with Crippen molar-refractivity contribution in [2.75, 3.05) is 14.2 Å². The van der Waals surface area contributed by atoms with Gasteiger partial charge in [0.15, 0.2) is 0 Å². The number of ketones is 1. The van der Waals surface area contributed by atoms with Gasteiger partial charge in [-0.05, 0) is 31.5 Å². The van der Waals surface area contributed by atoms with Crippen LogP contribution in [0.3, 0.4) is 0 Å². The predicted molar refractivity (Wildman–Crippen MR) is 70.0 cm³/mol. The maximum atomic E-state index is 11.3. The van der Waals surface area contributed by atoms with Crippen LogP contribution in [0.5, 0.6) is 11.5 Å². The molecule has 1 rings (SSSR count). The van der Waals surface area contributed by atoms with E-state index < -0.39 is 11.9 Å². The van der Waals surface area contributed by atoms with E-state index in [1.54, 1.807) is 12.1 Å². The van der Waals surface area contributed by atoms with Crippen molar-refractivity contribution >= 4 is 11.8 Å². The van der Waals surface area contributed by atoms with E-state index in [9.17, 15) is 14.7 Å². The van der Waals surface area contributed by atoms with Crippen LogP contribution in [-0.2, 0) is 9.59 Å². The molecule has 1 aromatic rings. The Bertz CT molecular complexity index is 493. The molecule has 1 atom stereocenters. The lowest BCUT2D eigenvalue weighted by Crippen LogP contribution is -2.16. The van der Waals surface area contributed by atoms with E-state index in [2.05, 4.69) is 0 Å². The number of aliphatic carboxylic acids is 1. The van der Waals surface area contributed by atoms with Crippen molar-refractivity contribution in [2.24, 2.45) is 0 Å². The molecule has 0 aromatic heterocycles. The summed E-state index contributed by atoms with van der Waals surface area (Å²) in [5.41, 5.74) is 1.29. The largest absolute Gasteiger partial charge is 0.496 e. The zero-order chi connectivity index (χ0) is 14.6. The van der Waals surface area contributed by atoms with E-state index in [1.165, 1.54) is 21.1 Å². The average Bonchev–Trinajstić information content (AvgIpc) is 2.35. The highest BCUT2D eigenvalue weighted by molar-refractivity contribution is 5.86. The standard InChI is InChI=1S/C14H18O5/c1-8-5-13(19-4)10(7-12(8)18-3)11(14(16)17)6-9(2)15/h5,7,11H,6H2,1-4H3,(H,16,17). The number of Topliss-reactive ketones (excluding diaryl/α,β-unsaturated/α-hetero) is 1. The van der Waals surface area contributed by atoms with E-state index in [0.717, 1.165) is 5.56 Å². The van der Waals surface area contributed by atoms with Crippen LogP contribution in [0.15, 0.2) is 12.1 Å². The molecule has 1 N–H and O–H groups in total. The number of benzene rings is 1. The number of carbonyl (C=O) groups is 2. The van der Waals surface area contributed by atoms with Crippen LogP contribution in [0.25, 0.3) is 0 Å². The summed E-state index contributed by atoms with van der Waals surface area (Å²) in [5, 5.41) is 9.28. The topological polar surface area (TPSA) is 72.8 Å². The van der Waals surface area contributed by atoms with Gasteiger partial charge in [0.1, 0.15) is 17.3 Å². The fourth-order valence-corrected chi connectivity index (χ4v) is 1.96. The number of rotatable bonds is 6. The molecule has 0 heterocycles. The molecule has 0 aliphatic heterocycles. The monoisotopic (exact) mass is 266 g/mol. The molecule has 0 spiro atoms. The molecule has 19 heavy (non-hydrogen) atoms. The fourth-order valence-electron chi connectivity index (χ4n) is 1.96. The predicted octanol–water partition coefficient (Wildman–Crippen LogP) is 2.16. The van der Waals surface area contributed by atoms with Gasteiger partial charge in [-0.15, -0.1) is 0 Å². The van der Waals surface area contributed by atoms with Gasteiger partial charge in [-0.25, -0.2) is 0 Å². The third kappa shape index (κ3) is 3.47. The zero-order valence-corrected chi connectivity index (χ0v) is 11.5. The molecule has 0 fully saturated rings. The second-order valence-electron chi connectivity index (χ2n) is 4.36. The fraction of sp³-hybridized carbons (Fsp3) is 0.429. The molecule has 1 aromatic carbocycles. The molecule has 0 radical (unpaired) electrons. The normalized spacial score (nSPS) is 11.8. The summed E-state index contributed by atoms with van der Waals surface area (Å²) in [6, 6.07) is 3.33. The Balaban J connectivity index is 3.34. The molecule has 5 heteroatoms. The quantitative estimate of drug-likeness (QED) is 0.854. The van der Waals surface area contributed by atoms with E-state index in [0.29, 0.717) is 17.1 Å². The first-order valence-corrected chi connectivity index (χ1v) is 5.85. The third-order valence-electron chi connectivity index (χ3n) is 2.91. The molecule has 0 amide bonds. The molecular weight excluding hydrogens is 248 g/mol. The van der Waals surface area contributed by atoms with E-state index in [1.807, 2.05) is 6.92 Å². The van der Waals surface area contributed by atoms with Crippen molar-refractivity contribution in [3.63, 3.8) is 0 Å². The minimum atomic E-state index is -1.06. The van der Waals surface area contributed by atoms with Gasteiger partial charge in [0.25, 0.3) is 0 Å². The summed E-state index contributed by atoms with van der Waals surface area (Å²) in [7, 11) is 2.98. The van der Waals surface area contributed by atoms with Crippen LogP contribution in [0.4, 0.5) is 0 Å². The summed E-state index contributed by atoms with van der Waals surface area (Å²) in [6.07, 6.45) is -0.0715. The van der Waals surface area contributed by atoms with Gasteiger partial charge >= 0.3 is 5.97 Å². The minimum Gasteiger partial charge on any atom is -0.496 e. The van der Waals surface area contributed by atoms with Crippen LogP contribution >= 0.6 is 0 Å². The molecule has 104 valence electrons. The second kappa shape index (κ2) is 6.22. The first-order chi connectivity index (χ1) is 8.90. The lowest BCUT2D eigenvalue weighted by Gasteiger charge is -2.17. The molecular formula is C14H18O5. The van der Waals surface area contributed by atoms with Gasteiger partial charge in [0.2, 0.25) is 0 Å². The van der Waals surface area contributed by atoms with Crippen molar-refractivity contribution in [3.05, 3.63) is 23.3 Å². The van der Waals surface area contributed by atoms with Crippen LogP contribution in [-0.4, -0.2) is 31.1 Å². The number of carbonyl (C=O) groups excluding carboxylic acids is 1. The Morgan fingerprint density at radius 1 is 1.21 bits per heavy atom.